The molecule has 0 bridgehead atoms. The Morgan fingerprint density at radius 3 is 2.38 bits per heavy atom. The van der Waals surface area contributed by atoms with Gasteiger partial charge in [-0.25, -0.2) is 8.42 Å². The van der Waals surface area contributed by atoms with Crippen LogP contribution in [0.3, 0.4) is 0 Å². The lowest BCUT2D eigenvalue weighted by Gasteiger charge is -2.38. The van der Waals surface area contributed by atoms with Crippen LogP contribution in [0.5, 0.6) is 0 Å². The van der Waals surface area contributed by atoms with Gasteiger partial charge in [0.15, 0.2) is 8.32 Å². The smallest absolute Gasteiger partial charge is 0.306 e. The molecule has 7 nitrogen and oxygen atoms in total. The molecule has 0 spiro atoms. The summed E-state index contributed by atoms with van der Waals surface area (Å²) in [5.74, 6) is -0.946. The van der Waals surface area contributed by atoms with E-state index in [4.69, 9.17) is 9.16 Å². The number of sulfonamides is 1. The predicted octanol–water partition coefficient (Wildman–Crippen LogP) is 4.02. The van der Waals surface area contributed by atoms with Crippen LogP contribution in [0.15, 0.2) is 40.8 Å². The number of hydrogen-bond donors (Lipinski definition) is 0. The maximum Gasteiger partial charge on any atom is 0.306 e. The Labute approximate surface area is 193 Å². The molecule has 0 aliphatic carbocycles. The van der Waals surface area contributed by atoms with E-state index in [0.29, 0.717) is 5.57 Å². The minimum atomic E-state index is -3.87. The molecule has 9 heteroatoms. The number of carbonyl (C=O) groups is 1. The Bertz CT molecular complexity index is 1000. The summed E-state index contributed by atoms with van der Waals surface area (Å²) in [5.41, 5.74) is 1.55. The summed E-state index contributed by atoms with van der Waals surface area (Å²) >= 11 is 0. The van der Waals surface area contributed by atoms with Crippen LogP contribution in [0.2, 0.25) is 18.1 Å². The van der Waals surface area contributed by atoms with Gasteiger partial charge in [-0.1, -0.05) is 38.5 Å². The maximum atomic E-state index is 13.6. The minimum Gasteiger partial charge on any atom is -0.469 e. The van der Waals surface area contributed by atoms with Crippen LogP contribution in [0.1, 0.15) is 32.8 Å². The van der Waals surface area contributed by atoms with Gasteiger partial charge in [0.2, 0.25) is 10.0 Å². The second-order valence-electron chi connectivity index (χ2n) is 9.74. The zero-order valence-electron chi connectivity index (χ0n) is 20.0. The number of allylic oxidation sites excluding steroid dienone is 1. The zero-order chi connectivity index (χ0) is 24.3. The standard InChI is InChI=1S/C23H34N2O5SSi/c1-17-8-10-19(11-9-17)31(27,28)25-15-18(12-13-24)20(14-22(26)29-5)21(25)16-30-32(6,7)23(2,3)4/h8-12,20-21H,14-16H2,1-7H3/b18-12-/t20-,21+/m0/s1. The van der Waals surface area contributed by atoms with E-state index < -0.39 is 36.3 Å². The van der Waals surface area contributed by atoms with Gasteiger partial charge >= 0.3 is 5.97 Å². The molecule has 1 aromatic carbocycles. The van der Waals surface area contributed by atoms with Gasteiger partial charge in [-0.2, -0.15) is 9.57 Å². The first-order chi connectivity index (χ1) is 14.7. The molecule has 1 aliphatic rings. The Balaban J connectivity index is 2.51. The summed E-state index contributed by atoms with van der Waals surface area (Å²) in [6, 6.07) is 8.05. The number of carbonyl (C=O) groups excluding carboxylic acids is 1. The first-order valence-corrected chi connectivity index (χ1v) is 15.0. The van der Waals surface area contributed by atoms with E-state index in [-0.39, 0.29) is 29.5 Å². The molecule has 32 heavy (non-hydrogen) atoms. The highest BCUT2D eigenvalue weighted by molar-refractivity contribution is 7.89. The summed E-state index contributed by atoms with van der Waals surface area (Å²) < 4.78 is 39.8. The lowest BCUT2D eigenvalue weighted by atomic mass is 9.92. The number of ether oxygens (including phenoxy) is 1. The highest BCUT2D eigenvalue weighted by atomic mass is 32.2. The van der Waals surface area contributed by atoms with Crippen molar-refractivity contribution in [1.82, 2.24) is 4.31 Å². The summed E-state index contributed by atoms with van der Waals surface area (Å²) in [5, 5.41) is 9.23. The molecule has 2 rings (SSSR count). The SMILES string of the molecule is COC(=O)C[C@H]1/C(=C\C#N)CN(S(=O)(=O)c2ccc(C)cc2)[C@@H]1CO[Si](C)(C)C(C)(C)C. The van der Waals surface area contributed by atoms with Gasteiger partial charge in [-0.15, -0.1) is 0 Å². The van der Waals surface area contributed by atoms with Crippen molar-refractivity contribution >= 4 is 24.3 Å². The maximum absolute atomic E-state index is 13.6. The minimum absolute atomic E-state index is 0.0184. The third-order valence-corrected chi connectivity index (χ3v) is 12.9. The summed E-state index contributed by atoms with van der Waals surface area (Å²) in [7, 11) is -4.76. The van der Waals surface area contributed by atoms with Crippen molar-refractivity contribution in [1.29, 1.82) is 5.26 Å². The molecule has 1 aliphatic heterocycles. The van der Waals surface area contributed by atoms with Gasteiger partial charge in [0.05, 0.1) is 37.1 Å². The molecule has 0 N–H and O–H groups in total. The third kappa shape index (κ3) is 5.67. The summed E-state index contributed by atoms with van der Waals surface area (Å²) in [6.45, 7) is 12.6. The van der Waals surface area contributed by atoms with E-state index in [0.717, 1.165) is 5.56 Å². The lowest BCUT2D eigenvalue weighted by molar-refractivity contribution is -0.141. The molecular weight excluding hydrogens is 444 g/mol. The molecule has 0 amide bonds. The number of benzene rings is 1. The number of nitrogens with zero attached hydrogens (tertiary/aromatic N) is 2. The van der Waals surface area contributed by atoms with Crippen LogP contribution in [-0.4, -0.2) is 53.3 Å². The Morgan fingerprint density at radius 1 is 1.28 bits per heavy atom. The quantitative estimate of drug-likeness (QED) is 0.334. The van der Waals surface area contributed by atoms with E-state index in [1.807, 2.05) is 13.0 Å². The molecule has 1 fully saturated rings. The van der Waals surface area contributed by atoms with Gasteiger partial charge in [0.1, 0.15) is 0 Å². The van der Waals surface area contributed by atoms with Crippen molar-refractivity contribution in [3.8, 4) is 6.07 Å². The monoisotopic (exact) mass is 478 g/mol. The van der Waals surface area contributed by atoms with Gasteiger partial charge in [0.25, 0.3) is 0 Å². The van der Waals surface area contributed by atoms with E-state index in [1.165, 1.54) is 17.5 Å². The van der Waals surface area contributed by atoms with Crippen molar-refractivity contribution in [2.45, 2.75) is 63.2 Å². The largest absolute Gasteiger partial charge is 0.469 e. The van der Waals surface area contributed by atoms with Crippen molar-refractivity contribution < 1.29 is 22.4 Å². The Hall–Kier alpha value is -1.99. The lowest BCUT2D eigenvalue weighted by Crippen LogP contribution is -2.47. The fourth-order valence-electron chi connectivity index (χ4n) is 3.45. The number of esters is 1. The van der Waals surface area contributed by atoms with Crippen molar-refractivity contribution in [3.05, 3.63) is 41.5 Å². The number of rotatable bonds is 7. The first kappa shape index (κ1) is 26.3. The molecule has 1 aromatic rings. The van der Waals surface area contributed by atoms with Crippen LogP contribution in [0.4, 0.5) is 0 Å². The van der Waals surface area contributed by atoms with E-state index in [9.17, 15) is 18.5 Å². The fourth-order valence-corrected chi connectivity index (χ4v) is 6.10. The number of methoxy groups -OCH3 is 1. The average Bonchev–Trinajstić information content (AvgIpc) is 3.04. The highest BCUT2D eigenvalue weighted by Gasteiger charge is 2.47. The highest BCUT2D eigenvalue weighted by Crippen LogP contribution is 2.40. The van der Waals surface area contributed by atoms with Gasteiger partial charge in [-0.05, 0) is 42.8 Å². The van der Waals surface area contributed by atoms with Crippen LogP contribution >= 0.6 is 0 Å². The predicted molar refractivity (Wildman–Crippen MR) is 126 cm³/mol. The summed E-state index contributed by atoms with van der Waals surface area (Å²) in [6.07, 6.45) is 1.33. The third-order valence-electron chi connectivity index (χ3n) is 6.56. The number of nitriles is 1. The molecule has 0 saturated carbocycles. The fraction of sp³-hybridized carbons (Fsp3) is 0.565. The number of hydrogen-bond acceptors (Lipinski definition) is 6. The molecule has 0 radical (unpaired) electrons. The van der Waals surface area contributed by atoms with E-state index >= 15 is 0 Å². The second kappa shape index (κ2) is 9.87. The molecule has 176 valence electrons. The van der Waals surface area contributed by atoms with Crippen molar-refractivity contribution in [3.63, 3.8) is 0 Å². The van der Waals surface area contributed by atoms with E-state index in [1.54, 1.807) is 24.3 Å². The molecular formula is C23H34N2O5SSi. The molecule has 0 aromatic heterocycles. The normalized spacial score (nSPS) is 21.5. The Morgan fingerprint density at radius 2 is 1.88 bits per heavy atom. The zero-order valence-corrected chi connectivity index (χ0v) is 21.8. The molecule has 2 atom stereocenters. The second-order valence-corrected chi connectivity index (χ2v) is 16.4. The van der Waals surface area contributed by atoms with Gasteiger partial charge in [-0.3, -0.25) is 4.79 Å². The topological polar surface area (TPSA) is 96.7 Å². The average molecular weight is 479 g/mol. The van der Waals surface area contributed by atoms with Gasteiger partial charge in [0, 0.05) is 18.5 Å². The van der Waals surface area contributed by atoms with Crippen LogP contribution in [0.25, 0.3) is 0 Å². The van der Waals surface area contributed by atoms with E-state index in [2.05, 4.69) is 33.9 Å². The molecule has 1 saturated heterocycles. The van der Waals surface area contributed by atoms with Crippen LogP contribution in [0, 0.1) is 24.2 Å². The number of aryl methyl sites for hydroxylation is 1. The molecule has 1 heterocycles. The van der Waals surface area contributed by atoms with Crippen LogP contribution in [-0.2, 0) is 24.0 Å². The van der Waals surface area contributed by atoms with Crippen molar-refractivity contribution in [2.75, 3.05) is 20.3 Å². The van der Waals surface area contributed by atoms with Gasteiger partial charge < -0.3 is 9.16 Å². The Kier molecular flexibility index (Phi) is 8.10. The first-order valence-electron chi connectivity index (χ1n) is 10.6. The molecule has 0 unspecified atom stereocenters. The van der Waals surface area contributed by atoms with Crippen LogP contribution < -0.4 is 0 Å². The van der Waals surface area contributed by atoms with Crippen molar-refractivity contribution in [2.24, 2.45) is 5.92 Å². The summed E-state index contributed by atoms with van der Waals surface area (Å²) in [4.78, 5) is 12.3.